The number of hydrogen-bond donors (Lipinski definition) is 2. The van der Waals surface area contributed by atoms with Gasteiger partial charge >= 0.3 is 0 Å². The summed E-state index contributed by atoms with van der Waals surface area (Å²) >= 11 is 0. The van der Waals surface area contributed by atoms with Crippen molar-refractivity contribution in [2.75, 3.05) is 10.6 Å². The zero-order valence-corrected chi connectivity index (χ0v) is 9.43. The number of amides is 2. The normalized spacial score (nSPS) is 8.78. The molecule has 0 unspecified atom stereocenters. The molecule has 1 aromatic rings. The first-order valence-electron chi connectivity index (χ1n) is 5.10. The van der Waals surface area contributed by atoms with Gasteiger partial charge in [-0.15, -0.1) is 0 Å². The third-order valence-electron chi connectivity index (χ3n) is 1.95. The number of nitrogens with zero attached hydrogens (tertiary/aromatic N) is 2. The second kappa shape index (κ2) is 6.66. The van der Waals surface area contributed by atoms with Crippen molar-refractivity contribution >= 4 is 23.2 Å². The molecule has 0 spiro atoms. The Morgan fingerprint density at radius 3 is 1.67 bits per heavy atom. The second-order valence-electron chi connectivity index (χ2n) is 3.31. The molecule has 2 amide bonds. The smallest absolute Gasteiger partial charge is 0.238 e. The molecule has 0 fully saturated rings. The van der Waals surface area contributed by atoms with Gasteiger partial charge in [-0.25, -0.2) is 0 Å². The molecule has 0 saturated carbocycles. The van der Waals surface area contributed by atoms with E-state index in [-0.39, 0.29) is 12.8 Å². The molecule has 0 bridgehead atoms. The van der Waals surface area contributed by atoms with Gasteiger partial charge in [-0.05, 0) is 12.1 Å². The number of para-hydroxylation sites is 2. The van der Waals surface area contributed by atoms with Crippen molar-refractivity contribution in [2.24, 2.45) is 0 Å². The van der Waals surface area contributed by atoms with Crippen LogP contribution in [-0.4, -0.2) is 11.8 Å². The highest BCUT2D eigenvalue weighted by atomic mass is 16.2. The van der Waals surface area contributed by atoms with Gasteiger partial charge in [-0.2, -0.15) is 10.5 Å². The van der Waals surface area contributed by atoms with Crippen LogP contribution in [0.1, 0.15) is 12.8 Å². The molecule has 6 heteroatoms. The summed E-state index contributed by atoms with van der Waals surface area (Å²) in [4.78, 5) is 22.6. The summed E-state index contributed by atoms with van der Waals surface area (Å²) < 4.78 is 0. The maximum Gasteiger partial charge on any atom is 0.238 e. The molecule has 0 radical (unpaired) electrons. The lowest BCUT2D eigenvalue weighted by atomic mass is 10.2. The Labute approximate surface area is 104 Å². The maximum absolute atomic E-state index is 11.3. The number of benzene rings is 1. The zero-order valence-electron chi connectivity index (χ0n) is 9.43. The summed E-state index contributed by atoms with van der Waals surface area (Å²) in [5, 5.41) is 21.8. The number of anilines is 2. The molecule has 1 aromatic carbocycles. The van der Waals surface area contributed by atoms with E-state index in [2.05, 4.69) is 10.6 Å². The molecule has 0 aliphatic rings. The van der Waals surface area contributed by atoms with E-state index in [1.165, 1.54) is 0 Å². The molecule has 1 rings (SSSR count). The Morgan fingerprint density at radius 1 is 0.944 bits per heavy atom. The molecule has 0 aliphatic carbocycles. The molecule has 6 nitrogen and oxygen atoms in total. The Hall–Kier alpha value is -2.86. The van der Waals surface area contributed by atoms with Crippen molar-refractivity contribution in [1.82, 2.24) is 0 Å². The lowest BCUT2D eigenvalue weighted by Gasteiger charge is -2.10. The van der Waals surface area contributed by atoms with Gasteiger partial charge in [0.05, 0.1) is 23.5 Å². The molecule has 18 heavy (non-hydrogen) atoms. The molecule has 0 aliphatic heterocycles. The van der Waals surface area contributed by atoms with Gasteiger partial charge in [-0.3, -0.25) is 9.59 Å². The number of carbonyl (C=O) groups excluding carboxylic acids is 2. The van der Waals surface area contributed by atoms with E-state index in [4.69, 9.17) is 10.5 Å². The van der Waals surface area contributed by atoms with Crippen LogP contribution in [0.2, 0.25) is 0 Å². The summed E-state index contributed by atoms with van der Waals surface area (Å²) in [6.45, 7) is 0. The molecular weight excluding hydrogens is 232 g/mol. The lowest BCUT2D eigenvalue weighted by molar-refractivity contribution is -0.116. The summed E-state index contributed by atoms with van der Waals surface area (Å²) in [5.74, 6) is -0.918. The van der Waals surface area contributed by atoms with Gasteiger partial charge in [0, 0.05) is 0 Å². The third kappa shape index (κ3) is 3.95. The van der Waals surface area contributed by atoms with Crippen molar-refractivity contribution in [2.45, 2.75) is 12.8 Å². The Bertz CT molecular complexity index is 491. The highest BCUT2D eigenvalue weighted by Gasteiger charge is 2.08. The van der Waals surface area contributed by atoms with Gasteiger partial charge in [0.1, 0.15) is 12.8 Å². The number of hydrogen-bond acceptors (Lipinski definition) is 4. The number of rotatable bonds is 4. The third-order valence-corrected chi connectivity index (χ3v) is 1.95. The fourth-order valence-electron chi connectivity index (χ4n) is 1.23. The van der Waals surface area contributed by atoms with Crippen LogP contribution in [0.5, 0.6) is 0 Å². The van der Waals surface area contributed by atoms with E-state index >= 15 is 0 Å². The van der Waals surface area contributed by atoms with Crippen LogP contribution in [0.4, 0.5) is 11.4 Å². The van der Waals surface area contributed by atoms with Gasteiger partial charge < -0.3 is 10.6 Å². The van der Waals surface area contributed by atoms with Crippen LogP contribution in [0.3, 0.4) is 0 Å². The first kappa shape index (κ1) is 13.2. The summed E-state index contributed by atoms with van der Waals surface area (Å²) in [6.07, 6.45) is -0.527. The Kier molecular flexibility index (Phi) is 4.89. The molecular formula is C12H10N4O2. The predicted molar refractivity (Wildman–Crippen MR) is 64.2 cm³/mol. The van der Waals surface area contributed by atoms with Crippen LogP contribution < -0.4 is 10.6 Å². The second-order valence-corrected chi connectivity index (χ2v) is 3.31. The average molecular weight is 242 g/mol. The fourth-order valence-corrected chi connectivity index (χ4v) is 1.23. The monoisotopic (exact) mass is 242 g/mol. The largest absolute Gasteiger partial charge is 0.323 e. The average Bonchev–Trinajstić information content (AvgIpc) is 2.32. The van der Waals surface area contributed by atoms with E-state index in [1.807, 2.05) is 0 Å². The standard InChI is InChI=1S/C12H10N4O2/c13-7-5-11(17)15-9-3-1-2-4-10(9)16-12(18)6-8-14/h1-4H,5-6H2,(H,15,17)(H,16,18). The topological polar surface area (TPSA) is 106 Å². The lowest BCUT2D eigenvalue weighted by Crippen LogP contribution is -2.15. The van der Waals surface area contributed by atoms with E-state index in [0.29, 0.717) is 11.4 Å². The van der Waals surface area contributed by atoms with Gasteiger partial charge in [0.25, 0.3) is 0 Å². The molecule has 0 atom stereocenters. The van der Waals surface area contributed by atoms with Crippen LogP contribution >= 0.6 is 0 Å². The molecule has 0 heterocycles. The van der Waals surface area contributed by atoms with E-state index in [0.717, 1.165) is 0 Å². The molecule has 0 saturated heterocycles. The Balaban J connectivity index is 2.80. The molecule has 2 N–H and O–H groups in total. The fraction of sp³-hybridized carbons (Fsp3) is 0.167. The quantitative estimate of drug-likeness (QED) is 0.831. The minimum absolute atomic E-state index is 0.263. The van der Waals surface area contributed by atoms with Crippen molar-refractivity contribution in [3.63, 3.8) is 0 Å². The predicted octanol–water partition coefficient (Wildman–Crippen LogP) is 1.39. The van der Waals surface area contributed by atoms with Crippen LogP contribution in [0, 0.1) is 22.7 Å². The number of nitriles is 2. The minimum Gasteiger partial charge on any atom is -0.323 e. The molecule has 90 valence electrons. The molecule has 0 aromatic heterocycles. The zero-order chi connectivity index (χ0) is 13.4. The van der Waals surface area contributed by atoms with Gasteiger partial charge in [0.15, 0.2) is 0 Å². The number of nitrogens with one attached hydrogen (secondary N) is 2. The van der Waals surface area contributed by atoms with Gasteiger partial charge in [0.2, 0.25) is 11.8 Å². The van der Waals surface area contributed by atoms with E-state index < -0.39 is 11.8 Å². The maximum atomic E-state index is 11.3. The van der Waals surface area contributed by atoms with Crippen molar-refractivity contribution in [3.05, 3.63) is 24.3 Å². The van der Waals surface area contributed by atoms with Crippen LogP contribution in [-0.2, 0) is 9.59 Å². The first-order valence-corrected chi connectivity index (χ1v) is 5.10. The highest BCUT2D eigenvalue weighted by molar-refractivity contribution is 6.00. The minimum atomic E-state index is -0.459. The van der Waals surface area contributed by atoms with Gasteiger partial charge in [-0.1, -0.05) is 12.1 Å². The first-order chi connectivity index (χ1) is 8.67. The summed E-state index contributed by atoms with van der Waals surface area (Å²) in [6, 6.07) is 10.0. The van der Waals surface area contributed by atoms with Crippen molar-refractivity contribution in [3.8, 4) is 12.1 Å². The van der Waals surface area contributed by atoms with Crippen LogP contribution in [0.25, 0.3) is 0 Å². The van der Waals surface area contributed by atoms with E-state index in [1.54, 1.807) is 36.4 Å². The highest BCUT2D eigenvalue weighted by Crippen LogP contribution is 2.21. The van der Waals surface area contributed by atoms with Crippen LogP contribution in [0.15, 0.2) is 24.3 Å². The van der Waals surface area contributed by atoms with Crippen molar-refractivity contribution < 1.29 is 9.59 Å². The van der Waals surface area contributed by atoms with E-state index in [9.17, 15) is 9.59 Å². The van der Waals surface area contributed by atoms with Crippen molar-refractivity contribution in [1.29, 1.82) is 10.5 Å². The summed E-state index contributed by atoms with van der Waals surface area (Å²) in [5.41, 5.74) is 0.785. The summed E-state index contributed by atoms with van der Waals surface area (Å²) in [7, 11) is 0. The Morgan fingerprint density at radius 2 is 1.33 bits per heavy atom. The SMILES string of the molecule is N#CCC(=O)Nc1ccccc1NC(=O)CC#N. The number of carbonyl (C=O) groups is 2.